The van der Waals surface area contributed by atoms with Gasteiger partial charge in [0.05, 0.1) is 24.1 Å². The fraction of sp³-hybridized carbons (Fsp3) is 0.158. The van der Waals surface area contributed by atoms with Crippen LogP contribution < -0.4 is 11.5 Å². The van der Waals surface area contributed by atoms with Crippen molar-refractivity contribution < 1.29 is 14.3 Å². The van der Waals surface area contributed by atoms with Crippen molar-refractivity contribution >= 4 is 23.3 Å². The number of carbonyl (C=O) groups is 2. The van der Waals surface area contributed by atoms with Crippen LogP contribution in [0, 0.1) is 5.41 Å². The summed E-state index contributed by atoms with van der Waals surface area (Å²) in [5, 5.41) is 7.86. The summed E-state index contributed by atoms with van der Waals surface area (Å²) in [7, 11) is 1.30. The molecule has 0 spiro atoms. The third kappa shape index (κ3) is 6.20. The van der Waals surface area contributed by atoms with Crippen LogP contribution >= 0.6 is 0 Å². The second-order valence-electron chi connectivity index (χ2n) is 5.37. The Morgan fingerprint density at radius 3 is 2.62 bits per heavy atom. The fourth-order valence-corrected chi connectivity index (χ4v) is 1.96. The van der Waals surface area contributed by atoms with Crippen LogP contribution in [0.4, 0.5) is 0 Å². The van der Waals surface area contributed by atoms with Gasteiger partial charge in [0.2, 0.25) is 5.91 Å². The summed E-state index contributed by atoms with van der Waals surface area (Å²) in [4.78, 5) is 26.8. The molecule has 0 aliphatic carbocycles. The summed E-state index contributed by atoms with van der Waals surface area (Å²) in [5.74, 6) is -1.10. The number of ether oxygens (including phenoxy) is 1. The molecule has 0 saturated carbocycles. The maximum absolute atomic E-state index is 11.6. The molecule has 1 heterocycles. The lowest BCUT2D eigenvalue weighted by molar-refractivity contribution is -0.114. The van der Waals surface area contributed by atoms with Gasteiger partial charge in [-0.25, -0.2) is 4.79 Å². The smallest absolute Gasteiger partial charge is 0.337 e. The molecule has 26 heavy (non-hydrogen) atoms. The predicted molar refractivity (Wildman–Crippen MR) is 101 cm³/mol. The number of amides is 1. The van der Waals surface area contributed by atoms with Crippen LogP contribution in [0.25, 0.3) is 5.70 Å². The molecule has 136 valence electrons. The molecule has 0 aliphatic heterocycles. The average Bonchev–Trinajstić information content (AvgIpc) is 2.63. The number of hydrogen-bond acceptors (Lipinski definition) is 6. The molecule has 1 rings (SSSR count). The second kappa shape index (κ2) is 9.73. The number of pyridine rings is 1. The highest BCUT2D eigenvalue weighted by Crippen LogP contribution is 2.12. The van der Waals surface area contributed by atoms with E-state index in [1.165, 1.54) is 31.5 Å². The van der Waals surface area contributed by atoms with Crippen LogP contribution in [0.1, 0.15) is 29.4 Å². The van der Waals surface area contributed by atoms with E-state index in [1.807, 2.05) is 6.92 Å². The number of aromatic nitrogens is 1. The van der Waals surface area contributed by atoms with Crippen molar-refractivity contribution in [2.75, 3.05) is 7.11 Å². The third-order valence-corrected chi connectivity index (χ3v) is 3.34. The van der Waals surface area contributed by atoms with Gasteiger partial charge in [-0.15, -0.1) is 0 Å². The first-order valence-electron chi connectivity index (χ1n) is 7.68. The Balaban J connectivity index is 2.90. The average molecular weight is 354 g/mol. The van der Waals surface area contributed by atoms with Crippen molar-refractivity contribution in [2.24, 2.45) is 11.5 Å². The van der Waals surface area contributed by atoms with E-state index in [0.717, 1.165) is 5.57 Å². The highest BCUT2D eigenvalue weighted by molar-refractivity contribution is 6.04. The van der Waals surface area contributed by atoms with Gasteiger partial charge in [0, 0.05) is 23.9 Å². The van der Waals surface area contributed by atoms with Crippen molar-refractivity contribution in [2.45, 2.75) is 13.3 Å². The van der Waals surface area contributed by atoms with E-state index in [-0.39, 0.29) is 17.7 Å². The number of esters is 1. The van der Waals surface area contributed by atoms with Gasteiger partial charge in [-0.1, -0.05) is 24.3 Å². The Bertz CT molecular complexity index is 820. The molecule has 0 aromatic carbocycles. The first-order chi connectivity index (χ1) is 12.3. The highest BCUT2D eigenvalue weighted by atomic mass is 16.5. The molecule has 1 aromatic heterocycles. The van der Waals surface area contributed by atoms with E-state index in [2.05, 4.69) is 16.3 Å². The normalized spacial score (nSPS) is 12.5. The van der Waals surface area contributed by atoms with Gasteiger partial charge in [-0.2, -0.15) is 0 Å². The van der Waals surface area contributed by atoms with Gasteiger partial charge in [-0.3, -0.25) is 9.78 Å². The number of nitrogens with zero attached hydrogens (tertiary/aromatic N) is 1. The molecular formula is C19H22N4O3. The molecule has 0 bridgehead atoms. The third-order valence-electron chi connectivity index (χ3n) is 3.34. The Kier molecular flexibility index (Phi) is 7.69. The largest absolute Gasteiger partial charge is 0.465 e. The predicted octanol–water partition coefficient (Wildman–Crippen LogP) is 2.12. The number of rotatable bonds is 8. The van der Waals surface area contributed by atoms with Gasteiger partial charge in [0.1, 0.15) is 0 Å². The zero-order valence-corrected chi connectivity index (χ0v) is 14.8. The summed E-state index contributed by atoms with van der Waals surface area (Å²) in [6.45, 7) is 5.30. The lowest BCUT2D eigenvalue weighted by Crippen LogP contribution is -2.13. The monoisotopic (exact) mass is 354 g/mol. The van der Waals surface area contributed by atoms with Crippen LogP contribution in [0.15, 0.2) is 60.4 Å². The Labute approximate surface area is 152 Å². The zero-order valence-electron chi connectivity index (χ0n) is 14.8. The van der Waals surface area contributed by atoms with Crippen molar-refractivity contribution in [1.82, 2.24) is 4.98 Å². The Morgan fingerprint density at radius 1 is 1.35 bits per heavy atom. The SMILES string of the molecule is C=C/C(=C\C(=N)C/C=C(C)\C=C(/N)c1cc(C(=O)OC)ccn1)C(N)=O. The number of allylic oxidation sites excluding steroid dienone is 4. The molecule has 0 aliphatic rings. The fourth-order valence-electron chi connectivity index (χ4n) is 1.96. The van der Waals surface area contributed by atoms with Crippen molar-refractivity contribution in [1.29, 1.82) is 5.41 Å². The first-order valence-corrected chi connectivity index (χ1v) is 7.68. The zero-order chi connectivity index (χ0) is 19.7. The number of nitrogens with two attached hydrogens (primary N) is 2. The molecule has 5 N–H and O–H groups in total. The van der Waals surface area contributed by atoms with E-state index >= 15 is 0 Å². The van der Waals surface area contributed by atoms with Crippen molar-refractivity contribution in [3.8, 4) is 0 Å². The summed E-state index contributed by atoms with van der Waals surface area (Å²) in [5.41, 5.74) is 13.5. The summed E-state index contributed by atoms with van der Waals surface area (Å²) < 4.78 is 4.67. The number of carbonyl (C=O) groups excluding carboxylic acids is 2. The first kappa shape index (κ1) is 20.6. The molecule has 1 aromatic rings. The molecule has 7 heteroatoms. The minimum Gasteiger partial charge on any atom is -0.465 e. The quantitative estimate of drug-likeness (QED) is 0.285. The lowest BCUT2D eigenvalue weighted by atomic mass is 10.1. The summed E-state index contributed by atoms with van der Waals surface area (Å²) in [6, 6.07) is 3.08. The standard InChI is InChI=1S/C19H22N4O3/c1-4-13(18(22)24)10-15(20)6-5-12(2)9-16(21)17-11-14(7-8-23-17)19(25)26-3/h4-5,7-11,20H,1,6,21H2,2-3H3,(H2,22,24)/b12-5-,13-10+,16-9-,20-15?. The van der Waals surface area contributed by atoms with Gasteiger partial charge in [0.25, 0.3) is 0 Å². The van der Waals surface area contributed by atoms with Crippen LogP contribution in [0.3, 0.4) is 0 Å². The van der Waals surface area contributed by atoms with Crippen molar-refractivity contribution in [3.63, 3.8) is 0 Å². The molecule has 1 amide bonds. The highest BCUT2D eigenvalue weighted by Gasteiger charge is 2.08. The van der Waals surface area contributed by atoms with Gasteiger partial charge in [-0.05, 0) is 31.2 Å². The summed E-state index contributed by atoms with van der Waals surface area (Å²) in [6.07, 6.45) is 7.90. The lowest BCUT2D eigenvalue weighted by Gasteiger charge is -2.04. The van der Waals surface area contributed by atoms with Crippen LogP contribution in [0.2, 0.25) is 0 Å². The topological polar surface area (TPSA) is 132 Å². The van der Waals surface area contributed by atoms with E-state index in [1.54, 1.807) is 18.2 Å². The van der Waals surface area contributed by atoms with Crippen LogP contribution in [-0.4, -0.2) is 29.7 Å². The molecule has 0 unspecified atom stereocenters. The maximum Gasteiger partial charge on any atom is 0.337 e. The molecule has 0 atom stereocenters. The van der Waals surface area contributed by atoms with E-state index in [4.69, 9.17) is 16.9 Å². The van der Waals surface area contributed by atoms with Crippen molar-refractivity contribution in [3.05, 3.63) is 71.6 Å². The van der Waals surface area contributed by atoms with Gasteiger partial charge in [0.15, 0.2) is 0 Å². The van der Waals surface area contributed by atoms with E-state index in [0.29, 0.717) is 17.0 Å². The number of nitrogens with one attached hydrogen (secondary N) is 1. The van der Waals surface area contributed by atoms with E-state index in [9.17, 15) is 9.59 Å². The van der Waals surface area contributed by atoms with Gasteiger partial charge >= 0.3 is 5.97 Å². The molecule has 0 fully saturated rings. The maximum atomic E-state index is 11.6. The molecule has 0 radical (unpaired) electrons. The number of methoxy groups -OCH3 is 1. The Morgan fingerprint density at radius 2 is 2.04 bits per heavy atom. The minimum absolute atomic E-state index is 0.180. The molecule has 0 saturated heterocycles. The summed E-state index contributed by atoms with van der Waals surface area (Å²) >= 11 is 0. The van der Waals surface area contributed by atoms with Crippen LogP contribution in [-0.2, 0) is 9.53 Å². The minimum atomic E-state index is -0.633. The number of primary amides is 1. The molecule has 7 nitrogen and oxygen atoms in total. The second-order valence-corrected chi connectivity index (χ2v) is 5.37. The number of hydrogen-bond donors (Lipinski definition) is 3. The van der Waals surface area contributed by atoms with Crippen LogP contribution in [0.5, 0.6) is 0 Å². The van der Waals surface area contributed by atoms with Gasteiger partial charge < -0.3 is 21.6 Å². The molecular weight excluding hydrogens is 332 g/mol. The Hall–Kier alpha value is -3.48. The van der Waals surface area contributed by atoms with E-state index < -0.39 is 11.9 Å².